The largest absolute Gasteiger partial charge is 0.353 e. The van der Waals surface area contributed by atoms with Gasteiger partial charge in [0.15, 0.2) is 5.16 Å². The van der Waals surface area contributed by atoms with Crippen molar-refractivity contribution in [1.29, 1.82) is 0 Å². The normalized spacial score (nSPS) is 14.7. The molecule has 1 aliphatic rings. The summed E-state index contributed by atoms with van der Waals surface area (Å²) >= 11 is 4.84. The molecule has 6 nitrogen and oxygen atoms in total. The molecule has 170 valence electrons. The minimum absolute atomic E-state index is 0.0125. The van der Waals surface area contributed by atoms with E-state index in [0.717, 1.165) is 33.9 Å². The van der Waals surface area contributed by atoms with Crippen LogP contribution in [0, 0.1) is 0 Å². The van der Waals surface area contributed by atoms with Crippen LogP contribution in [0.3, 0.4) is 0 Å². The third kappa shape index (κ3) is 4.34. The zero-order chi connectivity index (χ0) is 22.9. The summed E-state index contributed by atoms with van der Waals surface area (Å²) in [4.78, 5) is 31.4. The van der Waals surface area contributed by atoms with Gasteiger partial charge in [-0.25, -0.2) is 4.98 Å². The Labute approximate surface area is 204 Å². The summed E-state index contributed by atoms with van der Waals surface area (Å²) in [5.74, 6) is 0.206. The highest BCUT2D eigenvalue weighted by Gasteiger charge is 2.21. The number of nitrogens with zero attached hydrogens (tertiary/aromatic N) is 3. The molecule has 0 radical (unpaired) electrons. The SMILES string of the molecule is Cn1c2ccc(Br)cc2c2nc(SCC(=O)NC3CCCCC3)n(-c3ccccc3)c(=O)c21. The smallest absolute Gasteiger partial charge is 0.283 e. The Morgan fingerprint density at radius 1 is 1.15 bits per heavy atom. The van der Waals surface area contributed by atoms with E-state index < -0.39 is 0 Å². The molecule has 2 aromatic heterocycles. The molecule has 2 heterocycles. The lowest BCUT2D eigenvalue weighted by Crippen LogP contribution is -2.37. The standard InChI is InChI=1S/C25H25BrN4O2S/c1-29-20-13-12-16(26)14-19(20)22-23(29)24(32)30(18-10-6-3-7-11-18)25(28-22)33-15-21(31)27-17-8-4-2-5-9-17/h3,6-7,10-14,17H,2,4-5,8-9,15H2,1H3,(H,27,31). The van der Waals surface area contributed by atoms with Gasteiger partial charge in [0.2, 0.25) is 5.91 Å². The Morgan fingerprint density at radius 3 is 2.67 bits per heavy atom. The molecule has 0 atom stereocenters. The van der Waals surface area contributed by atoms with Gasteiger partial charge < -0.3 is 9.88 Å². The summed E-state index contributed by atoms with van der Waals surface area (Å²) in [5, 5.41) is 4.58. The number of aromatic nitrogens is 3. The summed E-state index contributed by atoms with van der Waals surface area (Å²) in [5.41, 5.74) is 2.73. The first-order valence-corrected chi connectivity index (χ1v) is 13.0. The van der Waals surface area contributed by atoms with Crippen LogP contribution < -0.4 is 10.9 Å². The third-order valence-corrected chi connectivity index (χ3v) is 7.69. The van der Waals surface area contributed by atoms with E-state index in [-0.39, 0.29) is 23.3 Å². The van der Waals surface area contributed by atoms with Gasteiger partial charge in [0.25, 0.3) is 5.56 Å². The topological polar surface area (TPSA) is 68.9 Å². The van der Waals surface area contributed by atoms with Crippen LogP contribution in [0.1, 0.15) is 32.1 Å². The lowest BCUT2D eigenvalue weighted by atomic mass is 9.95. The highest BCUT2D eigenvalue weighted by molar-refractivity contribution is 9.10. The molecule has 2 aromatic carbocycles. The van der Waals surface area contributed by atoms with Crippen molar-refractivity contribution in [3.05, 3.63) is 63.4 Å². The van der Waals surface area contributed by atoms with Gasteiger partial charge >= 0.3 is 0 Å². The highest BCUT2D eigenvalue weighted by atomic mass is 79.9. The van der Waals surface area contributed by atoms with Gasteiger partial charge in [-0.15, -0.1) is 0 Å². The number of hydrogen-bond donors (Lipinski definition) is 1. The Morgan fingerprint density at radius 2 is 1.91 bits per heavy atom. The molecule has 33 heavy (non-hydrogen) atoms. The maximum atomic E-state index is 13.8. The second-order valence-electron chi connectivity index (χ2n) is 8.48. The number of thioether (sulfide) groups is 1. The molecule has 4 aromatic rings. The first-order chi connectivity index (χ1) is 16.0. The van der Waals surface area contributed by atoms with Crippen LogP contribution in [0.5, 0.6) is 0 Å². The minimum atomic E-state index is -0.142. The van der Waals surface area contributed by atoms with Crippen molar-refractivity contribution >= 4 is 55.5 Å². The van der Waals surface area contributed by atoms with Crippen LogP contribution in [0.4, 0.5) is 0 Å². The maximum Gasteiger partial charge on any atom is 0.283 e. The number of fused-ring (bicyclic) bond motifs is 3. The number of rotatable bonds is 5. The Hall–Kier alpha value is -2.58. The van der Waals surface area contributed by atoms with Gasteiger partial charge in [-0.1, -0.05) is 65.2 Å². The van der Waals surface area contributed by atoms with Gasteiger partial charge in [0, 0.05) is 22.9 Å². The van der Waals surface area contributed by atoms with Crippen molar-refractivity contribution in [3.8, 4) is 5.69 Å². The van der Waals surface area contributed by atoms with E-state index in [9.17, 15) is 9.59 Å². The average Bonchev–Trinajstić information content (AvgIpc) is 3.10. The molecule has 1 amide bonds. The fraction of sp³-hybridized carbons (Fsp3) is 0.320. The van der Waals surface area contributed by atoms with E-state index in [4.69, 9.17) is 4.98 Å². The predicted octanol–water partition coefficient (Wildman–Crippen LogP) is 5.18. The van der Waals surface area contributed by atoms with Crippen LogP contribution in [0.2, 0.25) is 0 Å². The summed E-state index contributed by atoms with van der Waals surface area (Å²) in [7, 11) is 1.89. The quantitative estimate of drug-likeness (QED) is 0.288. The molecule has 0 aliphatic heterocycles. The lowest BCUT2D eigenvalue weighted by Gasteiger charge is -2.22. The second kappa shape index (κ2) is 9.35. The summed E-state index contributed by atoms with van der Waals surface area (Å²) in [6, 6.07) is 15.7. The average molecular weight is 525 g/mol. The summed E-state index contributed by atoms with van der Waals surface area (Å²) in [6.07, 6.45) is 5.66. The molecule has 5 rings (SSSR count). The van der Waals surface area contributed by atoms with Gasteiger partial charge in [0.05, 0.1) is 17.0 Å². The number of aryl methyl sites for hydroxylation is 1. The number of benzene rings is 2. The van der Waals surface area contributed by atoms with Crippen LogP contribution in [0.15, 0.2) is 63.0 Å². The zero-order valence-corrected chi connectivity index (χ0v) is 20.8. The van der Waals surface area contributed by atoms with Gasteiger partial charge in [-0.05, 0) is 43.2 Å². The van der Waals surface area contributed by atoms with Gasteiger partial charge in [0.1, 0.15) is 11.0 Å². The number of nitrogens with one attached hydrogen (secondary N) is 1. The number of amides is 1. The van der Waals surface area contributed by atoms with Crippen molar-refractivity contribution < 1.29 is 4.79 Å². The van der Waals surface area contributed by atoms with Crippen molar-refractivity contribution in [3.63, 3.8) is 0 Å². The van der Waals surface area contributed by atoms with Crippen molar-refractivity contribution in [2.24, 2.45) is 7.05 Å². The molecule has 1 saturated carbocycles. The van der Waals surface area contributed by atoms with E-state index in [2.05, 4.69) is 21.2 Å². The van der Waals surface area contributed by atoms with Crippen molar-refractivity contribution in [2.45, 2.75) is 43.3 Å². The van der Waals surface area contributed by atoms with Gasteiger partial charge in [-0.3, -0.25) is 14.2 Å². The van der Waals surface area contributed by atoms with E-state index in [1.807, 2.05) is 60.1 Å². The Bertz CT molecular complexity index is 1390. The van der Waals surface area contributed by atoms with Crippen LogP contribution >= 0.6 is 27.7 Å². The van der Waals surface area contributed by atoms with E-state index in [1.165, 1.54) is 31.0 Å². The monoisotopic (exact) mass is 524 g/mol. The fourth-order valence-corrected chi connectivity index (χ4v) is 5.82. The molecule has 0 saturated heterocycles. The molecule has 1 aliphatic carbocycles. The highest BCUT2D eigenvalue weighted by Crippen LogP contribution is 2.30. The number of hydrogen-bond acceptors (Lipinski definition) is 4. The molecular formula is C25H25BrN4O2S. The molecule has 0 spiro atoms. The van der Waals surface area contributed by atoms with Gasteiger partial charge in [-0.2, -0.15) is 0 Å². The van der Waals surface area contributed by atoms with Crippen molar-refractivity contribution in [1.82, 2.24) is 19.4 Å². The van der Waals surface area contributed by atoms with E-state index in [0.29, 0.717) is 16.2 Å². The first kappa shape index (κ1) is 22.2. The predicted molar refractivity (Wildman–Crippen MR) is 137 cm³/mol. The van der Waals surface area contributed by atoms with Crippen LogP contribution in [-0.2, 0) is 11.8 Å². The molecular weight excluding hydrogens is 500 g/mol. The van der Waals surface area contributed by atoms with Crippen LogP contribution in [-0.4, -0.2) is 31.8 Å². The fourth-order valence-electron chi connectivity index (χ4n) is 4.64. The second-order valence-corrected chi connectivity index (χ2v) is 10.3. The van der Waals surface area contributed by atoms with Crippen LogP contribution in [0.25, 0.3) is 27.6 Å². The van der Waals surface area contributed by atoms with E-state index >= 15 is 0 Å². The zero-order valence-electron chi connectivity index (χ0n) is 18.4. The Balaban J connectivity index is 1.58. The van der Waals surface area contributed by atoms with Crippen molar-refractivity contribution in [2.75, 3.05) is 5.75 Å². The summed E-state index contributed by atoms with van der Waals surface area (Å²) < 4.78 is 4.45. The maximum absolute atomic E-state index is 13.8. The molecule has 1 N–H and O–H groups in total. The number of carbonyl (C=O) groups excluding carboxylic acids is 1. The molecule has 0 unspecified atom stereocenters. The number of halogens is 1. The molecule has 8 heteroatoms. The summed E-state index contributed by atoms with van der Waals surface area (Å²) in [6.45, 7) is 0. The molecule has 1 fully saturated rings. The first-order valence-electron chi connectivity index (χ1n) is 11.2. The van der Waals surface area contributed by atoms with E-state index in [1.54, 1.807) is 4.57 Å². The third-order valence-electron chi connectivity index (χ3n) is 6.26. The lowest BCUT2D eigenvalue weighted by molar-refractivity contribution is -0.119. The molecule has 0 bridgehead atoms. The number of carbonyl (C=O) groups is 1. The minimum Gasteiger partial charge on any atom is -0.353 e. The number of para-hydroxylation sites is 1. The Kier molecular flexibility index (Phi) is 6.29.